The molecule has 2 atom stereocenters. The van der Waals surface area contributed by atoms with Crippen LogP contribution in [0.5, 0.6) is 5.75 Å². The van der Waals surface area contributed by atoms with Crippen LogP contribution in [0.4, 0.5) is 0 Å². The third-order valence-electron chi connectivity index (χ3n) is 3.32. The number of aliphatic hydroxyl groups is 2. The van der Waals surface area contributed by atoms with Gasteiger partial charge in [-0.1, -0.05) is 12.1 Å². The van der Waals surface area contributed by atoms with Crippen LogP contribution in [0.1, 0.15) is 24.8 Å². The Balaban J connectivity index is 1.93. The first-order valence-corrected chi connectivity index (χ1v) is 5.91. The third kappa shape index (κ3) is 2.97. The summed E-state index contributed by atoms with van der Waals surface area (Å²) in [5.41, 5.74) is 6.38. The molecule has 0 saturated heterocycles. The van der Waals surface area contributed by atoms with E-state index in [1.54, 1.807) is 0 Å². The minimum atomic E-state index is -0.476. The van der Waals surface area contributed by atoms with Crippen molar-refractivity contribution in [1.29, 1.82) is 0 Å². The van der Waals surface area contributed by atoms with E-state index >= 15 is 0 Å². The molecule has 0 radical (unpaired) electrons. The quantitative estimate of drug-likeness (QED) is 0.724. The summed E-state index contributed by atoms with van der Waals surface area (Å²) in [6.07, 6.45) is 2.43. The predicted octanol–water partition coefficient (Wildman–Crippen LogP) is 0.800. The number of benzene rings is 1. The molecule has 94 valence electrons. The lowest BCUT2D eigenvalue weighted by atomic mass is 10.0. The smallest absolute Gasteiger partial charge is 0.119 e. The summed E-state index contributed by atoms with van der Waals surface area (Å²) in [5, 5.41) is 18.1. The van der Waals surface area contributed by atoms with Crippen LogP contribution in [-0.2, 0) is 6.61 Å². The van der Waals surface area contributed by atoms with Gasteiger partial charge in [-0.25, -0.2) is 0 Å². The molecule has 0 bridgehead atoms. The van der Waals surface area contributed by atoms with Crippen molar-refractivity contribution in [1.82, 2.24) is 0 Å². The Labute approximate surface area is 101 Å². The molecular weight excluding hydrogens is 218 g/mol. The number of aliphatic hydroxyl groups excluding tert-OH is 2. The second kappa shape index (κ2) is 5.04. The van der Waals surface area contributed by atoms with E-state index in [1.165, 1.54) is 0 Å². The molecule has 4 N–H and O–H groups in total. The second-order valence-electron chi connectivity index (χ2n) is 4.81. The molecule has 1 fully saturated rings. The minimum absolute atomic E-state index is 0.0102. The summed E-state index contributed by atoms with van der Waals surface area (Å²) < 4.78 is 5.80. The molecular formula is C13H19NO3. The van der Waals surface area contributed by atoms with Crippen molar-refractivity contribution in [2.45, 2.75) is 37.5 Å². The Hall–Kier alpha value is -1.10. The van der Waals surface area contributed by atoms with Crippen LogP contribution in [0.3, 0.4) is 0 Å². The van der Waals surface area contributed by atoms with Crippen molar-refractivity contribution in [2.75, 3.05) is 6.61 Å². The standard InChI is InChI=1S/C13H19NO3/c14-13(9-16)6-5-12(7-13)17-11-3-1-10(8-15)2-4-11/h1-4,12,15-16H,5-9,14H2. The third-order valence-corrected chi connectivity index (χ3v) is 3.32. The van der Waals surface area contributed by atoms with Gasteiger partial charge in [-0.15, -0.1) is 0 Å². The molecule has 1 aromatic carbocycles. The van der Waals surface area contributed by atoms with Crippen LogP contribution in [0.15, 0.2) is 24.3 Å². The maximum Gasteiger partial charge on any atom is 0.119 e. The monoisotopic (exact) mass is 237 g/mol. The summed E-state index contributed by atoms with van der Waals surface area (Å²) >= 11 is 0. The van der Waals surface area contributed by atoms with Crippen molar-refractivity contribution in [2.24, 2.45) is 5.73 Å². The molecule has 2 unspecified atom stereocenters. The fourth-order valence-electron chi connectivity index (χ4n) is 2.22. The number of rotatable bonds is 4. The summed E-state index contributed by atoms with van der Waals surface area (Å²) in [4.78, 5) is 0. The normalized spacial score (nSPS) is 28.3. The zero-order chi connectivity index (χ0) is 12.3. The van der Waals surface area contributed by atoms with Gasteiger partial charge in [-0.3, -0.25) is 0 Å². The van der Waals surface area contributed by atoms with Gasteiger partial charge in [0.2, 0.25) is 0 Å². The molecule has 1 saturated carbocycles. The Morgan fingerprint density at radius 2 is 2.00 bits per heavy atom. The van der Waals surface area contributed by atoms with Gasteiger partial charge >= 0.3 is 0 Å². The zero-order valence-electron chi connectivity index (χ0n) is 9.80. The first-order valence-electron chi connectivity index (χ1n) is 5.91. The lowest BCUT2D eigenvalue weighted by molar-refractivity contribution is 0.165. The molecule has 2 rings (SSSR count). The molecule has 0 aromatic heterocycles. The van der Waals surface area contributed by atoms with Crippen molar-refractivity contribution >= 4 is 0 Å². The average Bonchev–Trinajstić information content (AvgIpc) is 2.73. The van der Waals surface area contributed by atoms with E-state index in [9.17, 15) is 0 Å². The van der Waals surface area contributed by atoms with Gasteiger partial charge in [0.05, 0.1) is 13.2 Å². The Morgan fingerprint density at radius 1 is 1.29 bits per heavy atom. The first kappa shape index (κ1) is 12.4. The molecule has 17 heavy (non-hydrogen) atoms. The lowest BCUT2D eigenvalue weighted by Crippen LogP contribution is -2.41. The maximum absolute atomic E-state index is 9.17. The van der Waals surface area contributed by atoms with E-state index in [2.05, 4.69) is 0 Å². The van der Waals surface area contributed by atoms with Crippen molar-refractivity contribution < 1.29 is 14.9 Å². The topological polar surface area (TPSA) is 75.7 Å². The van der Waals surface area contributed by atoms with Crippen LogP contribution < -0.4 is 10.5 Å². The summed E-state index contributed by atoms with van der Waals surface area (Å²) in [7, 11) is 0. The summed E-state index contributed by atoms with van der Waals surface area (Å²) in [5.74, 6) is 0.786. The molecule has 4 heteroatoms. The molecule has 1 aliphatic rings. The molecule has 0 heterocycles. The van der Waals surface area contributed by atoms with Crippen molar-refractivity contribution in [3.8, 4) is 5.75 Å². The zero-order valence-corrected chi connectivity index (χ0v) is 9.80. The van der Waals surface area contributed by atoms with Crippen molar-refractivity contribution in [3.05, 3.63) is 29.8 Å². The van der Waals surface area contributed by atoms with E-state index < -0.39 is 5.54 Å². The van der Waals surface area contributed by atoms with E-state index in [-0.39, 0.29) is 19.3 Å². The Morgan fingerprint density at radius 3 is 2.53 bits per heavy atom. The van der Waals surface area contributed by atoms with Crippen LogP contribution in [0.2, 0.25) is 0 Å². The predicted molar refractivity (Wildman–Crippen MR) is 64.6 cm³/mol. The maximum atomic E-state index is 9.17. The molecule has 0 spiro atoms. The van der Waals surface area contributed by atoms with Gasteiger partial charge in [-0.05, 0) is 30.5 Å². The van der Waals surface area contributed by atoms with Gasteiger partial charge < -0.3 is 20.7 Å². The average molecular weight is 237 g/mol. The highest BCUT2D eigenvalue weighted by Gasteiger charge is 2.36. The van der Waals surface area contributed by atoms with E-state index in [0.29, 0.717) is 6.42 Å². The molecule has 4 nitrogen and oxygen atoms in total. The van der Waals surface area contributed by atoms with Crippen LogP contribution in [-0.4, -0.2) is 28.5 Å². The highest BCUT2D eigenvalue weighted by atomic mass is 16.5. The minimum Gasteiger partial charge on any atom is -0.490 e. The highest BCUT2D eigenvalue weighted by molar-refractivity contribution is 5.27. The van der Waals surface area contributed by atoms with Crippen LogP contribution >= 0.6 is 0 Å². The van der Waals surface area contributed by atoms with Gasteiger partial charge in [0.15, 0.2) is 0 Å². The van der Waals surface area contributed by atoms with E-state index in [0.717, 1.165) is 24.2 Å². The molecule has 0 aliphatic heterocycles. The van der Waals surface area contributed by atoms with Crippen molar-refractivity contribution in [3.63, 3.8) is 0 Å². The lowest BCUT2D eigenvalue weighted by Gasteiger charge is -2.21. The largest absolute Gasteiger partial charge is 0.490 e. The number of ether oxygens (including phenoxy) is 1. The Bertz CT molecular complexity index is 365. The van der Waals surface area contributed by atoms with Gasteiger partial charge in [-0.2, -0.15) is 0 Å². The van der Waals surface area contributed by atoms with Crippen LogP contribution in [0, 0.1) is 0 Å². The highest BCUT2D eigenvalue weighted by Crippen LogP contribution is 2.30. The molecule has 1 aliphatic carbocycles. The fraction of sp³-hybridized carbons (Fsp3) is 0.538. The fourth-order valence-corrected chi connectivity index (χ4v) is 2.22. The summed E-state index contributed by atoms with van der Waals surface area (Å²) in [6, 6.07) is 7.38. The van der Waals surface area contributed by atoms with Gasteiger partial charge in [0.25, 0.3) is 0 Å². The van der Waals surface area contributed by atoms with E-state index in [4.69, 9.17) is 20.7 Å². The second-order valence-corrected chi connectivity index (χ2v) is 4.81. The number of hydrogen-bond donors (Lipinski definition) is 3. The van der Waals surface area contributed by atoms with Crippen LogP contribution in [0.25, 0.3) is 0 Å². The molecule has 0 amide bonds. The number of hydrogen-bond acceptors (Lipinski definition) is 4. The van der Waals surface area contributed by atoms with E-state index in [1.807, 2.05) is 24.3 Å². The van der Waals surface area contributed by atoms with Gasteiger partial charge in [0.1, 0.15) is 11.9 Å². The molecule has 1 aromatic rings. The summed E-state index contributed by atoms with van der Waals surface area (Å²) in [6.45, 7) is 0.0520. The first-order chi connectivity index (χ1) is 8.15. The SMILES string of the molecule is NC1(CO)CCC(Oc2ccc(CO)cc2)C1. The Kier molecular flexibility index (Phi) is 3.66. The van der Waals surface area contributed by atoms with Gasteiger partial charge in [0, 0.05) is 12.0 Å². The number of nitrogens with two attached hydrogens (primary N) is 1.